The van der Waals surface area contributed by atoms with E-state index in [-0.39, 0.29) is 11.0 Å². The number of rotatable bonds is 2. The zero-order valence-electron chi connectivity index (χ0n) is 9.34. The van der Waals surface area contributed by atoms with Gasteiger partial charge in [-0.25, -0.2) is 26.0 Å². The summed E-state index contributed by atoms with van der Waals surface area (Å²) in [5.41, 5.74) is 0. The number of hydrogen-bond donors (Lipinski definition) is 0. The maximum absolute atomic E-state index is 13.1. The van der Waals surface area contributed by atoms with Crippen LogP contribution in [0.15, 0.2) is 21.5 Å². The van der Waals surface area contributed by atoms with Gasteiger partial charge >= 0.3 is 0 Å². The highest BCUT2D eigenvalue weighted by molar-refractivity contribution is 9.10. The maximum atomic E-state index is 13.1. The van der Waals surface area contributed by atoms with Crippen LogP contribution in [0.3, 0.4) is 0 Å². The van der Waals surface area contributed by atoms with Crippen molar-refractivity contribution in [3.63, 3.8) is 0 Å². The van der Waals surface area contributed by atoms with Crippen molar-refractivity contribution in [1.29, 1.82) is 0 Å². The molecule has 2 rings (SSSR count). The Balaban J connectivity index is 2.44. The van der Waals surface area contributed by atoms with E-state index >= 15 is 0 Å². The second kappa shape index (κ2) is 4.71. The zero-order valence-corrected chi connectivity index (χ0v) is 11.7. The number of alkyl halides is 2. The topological polar surface area (TPSA) is 37.4 Å². The van der Waals surface area contributed by atoms with Crippen LogP contribution in [0.2, 0.25) is 0 Å². The van der Waals surface area contributed by atoms with Gasteiger partial charge in [0.1, 0.15) is 0 Å². The quantitative estimate of drug-likeness (QED) is 0.600. The predicted molar refractivity (Wildman–Crippen MR) is 62.4 cm³/mol. The second-order valence-electron chi connectivity index (χ2n) is 4.14. The molecule has 106 valence electrons. The Labute approximate surface area is 115 Å². The van der Waals surface area contributed by atoms with E-state index in [0.717, 1.165) is 0 Å². The number of nitrogens with zero attached hydrogens (tertiary/aromatic N) is 1. The molecular formula is C10H8BrF4NO2S. The molecule has 1 aromatic carbocycles. The van der Waals surface area contributed by atoms with Crippen LogP contribution in [0.1, 0.15) is 6.42 Å². The minimum Gasteiger partial charge on any atom is -0.207 e. The molecule has 0 radical (unpaired) electrons. The third kappa shape index (κ3) is 2.77. The van der Waals surface area contributed by atoms with E-state index < -0.39 is 45.4 Å². The van der Waals surface area contributed by atoms with Crippen molar-refractivity contribution in [2.75, 3.05) is 13.1 Å². The fraction of sp³-hybridized carbons (Fsp3) is 0.400. The molecule has 0 unspecified atom stereocenters. The molecule has 0 spiro atoms. The van der Waals surface area contributed by atoms with Gasteiger partial charge in [0, 0.05) is 17.4 Å². The second-order valence-corrected chi connectivity index (χ2v) is 6.90. The van der Waals surface area contributed by atoms with Crippen molar-refractivity contribution in [3.8, 4) is 0 Å². The third-order valence-electron chi connectivity index (χ3n) is 2.73. The van der Waals surface area contributed by atoms with Crippen LogP contribution in [0.5, 0.6) is 0 Å². The summed E-state index contributed by atoms with van der Waals surface area (Å²) >= 11 is 2.79. The van der Waals surface area contributed by atoms with Crippen LogP contribution in [0.4, 0.5) is 17.6 Å². The Bertz CT molecular complexity index is 620. The fourth-order valence-electron chi connectivity index (χ4n) is 1.75. The van der Waals surface area contributed by atoms with Crippen LogP contribution in [0.25, 0.3) is 0 Å². The summed E-state index contributed by atoms with van der Waals surface area (Å²) in [7, 11) is -4.28. The van der Waals surface area contributed by atoms with E-state index in [1.54, 1.807) is 0 Å². The summed E-state index contributed by atoms with van der Waals surface area (Å²) in [4.78, 5) is -0.566. The van der Waals surface area contributed by atoms with Gasteiger partial charge in [-0.2, -0.15) is 4.31 Å². The van der Waals surface area contributed by atoms with Gasteiger partial charge in [-0.3, -0.25) is 0 Å². The molecule has 3 nitrogen and oxygen atoms in total. The molecule has 0 aromatic heterocycles. The molecule has 0 atom stereocenters. The Morgan fingerprint density at radius 1 is 1.21 bits per heavy atom. The monoisotopic (exact) mass is 361 g/mol. The maximum Gasteiger partial charge on any atom is 0.262 e. The Hall–Kier alpha value is -0.670. The van der Waals surface area contributed by atoms with Gasteiger partial charge in [-0.05, 0) is 28.1 Å². The first-order valence-corrected chi connectivity index (χ1v) is 7.39. The van der Waals surface area contributed by atoms with E-state index in [9.17, 15) is 26.0 Å². The van der Waals surface area contributed by atoms with Crippen LogP contribution in [-0.4, -0.2) is 31.7 Å². The normalized spacial score (nSPS) is 19.8. The molecule has 1 fully saturated rings. The van der Waals surface area contributed by atoms with Crippen molar-refractivity contribution in [1.82, 2.24) is 4.31 Å². The van der Waals surface area contributed by atoms with Gasteiger partial charge in [-0.1, -0.05) is 0 Å². The largest absolute Gasteiger partial charge is 0.262 e. The number of halogens is 5. The average molecular weight is 362 g/mol. The zero-order chi connectivity index (χ0) is 14.4. The van der Waals surface area contributed by atoms with Crippen molar-refractivity contribution >= 4 is 26.0 Å². The van der Waals surface area contributed by atoms with E-state index in [2.05, 4.69) is 15.9 Å². The van der Waals surface area contributed by atoms with E-state index in [4.69, 9.17) is 0 Å². The molecule has 0 saturated carbocycles. The highest BCUT2D eigenvalue weighted by Crippen LogP contribution is 2.34. The lowest BCUT2D eigenvalue weighted by molar-refractivity contribution is 0.0183. The van der Waals surface area contributed by atoms with E-state index in [1.807, 2.05) is 0 Å². The van der Waals surface area contributed by atoms with Crippen molar-refractivity contribution < 1.29 is 26.0 Å². The first-order chi connectivity index (χ1) is 8.63. The van der Waals surface area contributed by atoms with Gasteiger partial charge in [0.05, 0.1) is 11.4 Å². The molecule has 1 saturated heterocycles. The summed E-state index contributed by atoms with van der Waals surface area (Å²) < 4.78 is 76.6. The highest BCUT2D eigenvalue weighted by atomic mass is 79.9. The van der Waals surface area contributed by atoms with Crippen LogP contribution < -0.4 is 0 Å². The van der Waals surface area contributed by atoms with Crippen LogP contribution >= 0.6 is 15.9 Å². The molecular weight excluding hydrogens is 354 g/mol. The molecule has 19 heavy (non-hydrogen) atoms. The lowest BCUT2D eigenvalue weighted by Crippen LogP contribution is -2.31. The highest BCUT2D eigenvalue weighted by Gasteiger charge is 2.44. The lowest BCUT2D eigenvalue weighted by Gasteiger charge is -2.17. The first-order valence-electron chi connectivity index (χ1n) is 5.16. The van der Waals surface area contributed by atoms with Crippen LogP contribution in [-0.2, 0) is 10.0 Å². The molecule has 1 aliphatic heterocycles. The van der Waals surface area contributed by atoms with Gasteiger partial charge in [0.15, 0.2) is 11.6 Å². The van der Waals surface area contributed by atoms with Gasteiger partial charge in [0.2, 0.25) is 10.0 Å². The van der Waals surface area contributed by atoms with Crippen molar-refractivity contribution in [2.45, 2.75) is 17.2 Å². The number of hydrogen-bond acceptors (Lipinski definition) is 2. The minimum atomic E-state index is -4.28. The smallest absolute Gasteiger partial charge is 0.207 e. The third-order valence-corrected chi connectivity index (χ3v) is 5.53. The van der Waals surface area contributed by atoms with E-state index in [1.165, 1.54) is 0 Å². The Morgan fingerprint density at radius 2 is 1.79 bits per heavy atom. The molecule has 0 amide bonds. The number of benzene rings is 1. The molecule has 1 aromatic rings. The summed E-state index contributed by atoms with van der Waals surface area (Å²) in [5.74, 6) is -5.68. The average Bonchev–Trinajstić information content (AvgIpc) is 2.64. The molecule has 1 heterocycles. The van der Waals surface area contributed by atoms with Crippen molar-refractivity contribution in [2.24, 2.45) is 0 Å². The first kappa shape index (κ1) is 14.7. The minimum absolute atomic E-state index is 0.207. The SMILES string of the molecule is O=S(=O)(c1cc(F)c(F)cc1Br)N1CCC(F)(F)C1. The van der Waals surface area contributed by atoms with E-state index in [0.29, 0.717) is 16.4 Å². The summed E-state index contributed by atoms with van der Waals surface area (Å²) in [6.07, 6.45) is -0.590. The van der Waals surface area contributed by atoms with Gasteiger partial charge in [-0.15, -0.1) is 0 Å². The van der Waals surface area contributed by atoms with Crippen molar-refractivity contribution in [3.05, 3.63) is 28.2 Å². The van der Waals surface area contributed by atoms with Crippen LogP contribution in [0, 0.1) is 11.6 Å². The lowest BCUT2D eigenvalue weighted by atomic mass is 10.3. The standard InChI is InChI=1S/C10H8BrF4NO2S/c11-6-3-7(12)8(13)4-9(6)19(17,18)16-2-1-10(14,15)5-16/h3-4H,1-2,5H2. The molecule has 9 heteroatoms. The summed E-state index contributed by atoms with van der Waals surface area (Å²) in [6, 6.07) is 1.13. The summed E-state index contributed by atoms with van der Waals surface area (Å²) in [6.45, 7) is -1.32. The number of sulfonamides is 1. The summed E-state index contributed by atoms with van der Waals surface area (Å²) in [5, 5.41) is 0. The fourth-order valence-corrected chi connectivity index (χ4v) is 4.21. The van der Waals surface area contributed by atoms with Gasteiger partial charge in [0.25, 0.3) is 5.92 Å². The molecule has 1 aliphatic rings. The predicted octanol–water partition coefficient (Wildman–Crippen LogP) is 2.76. The Morgan fingerprint density at radius 3 is 2.32 bits per heavy atom. The molecule has 0 N–H and O–H groups in total. The van der Waals surface area contributed by atoms with Gasteiger partial charge < -0.3 is 0 Å². The molecule has 0 bridgehead atoms. The Kier molecular flexibility index (Phi) is 3.65. The molecule has 0 aliphatic carbocycles.